The zero-order valence-electron chi connectivity index (χ0n) is 11.2. The van der Waals surface area contributed by atoms with Gasteiger partial charge in [-0.25, -0.2) is 4.39 Å². The van der Waals surface area contributed by atoms with Crippen molar-refractivity contribution in [3.63, 3.8) is 0 Å². The lowest BCUT2D eigenvalue weighted by atomic mass is 10.2. The van der Waals surface area contributed by atoms with Gasteiger partial charge in [-0.3, -0.25) is 9.48 Å². The number of nitrogens with two attached hydrogens (primary N) is 1. The number of aryl methyl sites for hydroxylation is 2. The van der Waals surface area contributed by atoms with Crippen LogP contribution in [0.25, 0.3) is 0 Å². The molecule has 0 unspecified atom stereocenters. The van der Waals surface area contributed by atoms with Crippen molar-refractivity contribution < 1.29 is 9.18 Å². The summed E-state index contributed by atoms with van der Waals surface area (Å²) in [4.78, 5) is 11.8. The fraction of sp³-hybridized carbons (Fsp3) is 0.231. The third kappa shape index (κ3) is 3.51. The van der Waals surface area contributed by atoms with Crippen molar-refractivity contribution in [3.05, 3.63) is 35.8 Å². The van der Waals surface area contributed by atoms with Crippen LogP contribution in [0.1, 0.15) is 5.69 Å². The predicted octanol–water partition coefficient (Wildman–Crippen LogP) is 2.18. The van der Waals surface area contributed by atoms with Gasteiger partial charge in [0.05, 0.1) is 27.8 Å². The van der Waals surface area contributed by atoms with E-state index in [-0.39, 0.29) is 17.3 Å². The Hall–Kier alpha value is -2.02. The molecule has 7 heteroatoms. The Morgan fingerprint density at radius 2 is 2.25 bits per heavy atom. The zero-order chi connectivity index (χ0) is 14.7. The van der Waals surface area contributed by atoms with Gasteiger partial charge >= 0.3 is 0 Å². The first-order chi connectivity index (χ1) is 9.45. The van der Waals surface area contributed by atoms with Gasteiger partial charge in [0.15, 0.2) is 0 Å². The summed E-state index contributed by atoms with van der Waals surface area (Å²) in [5.74, 6) is -0.400. The minimum atomic E-state index is -0.430. The number of hydrogen-bond donors (Lipinski definition) is 2. The molecule has 2 rings (SSSR count). The lowest BCUT2D eigenvalue weighted by Gasteiger charge is -2.08. The van der Waals surface area contributed by atoms with E-state index < -0.39 is 5.82 Å². The van der Waals surface area contributed by atoms with Crippen molar-refractivity contribution in [3.8, 4) is 0 Å². The van der Waals surface area contributed by atoms with Crippen LogP contribution in [0.2, 0.25) is 0 Å². The van der Waals surface area contributed by atoms with Crippen molar-refractivity contribution in [2.45, 2.75) is 11.9 Å². The molecule has 1 aromatic heterocycles. The van der Waals surface area contributed by atoms with Gasteiger partial charge < -0.3 is 11.1 Å². The second-order valence-electron chi connectivity index (χ2n) is 4.32. The summed E-state index contributed by atoms with van der Waals surface area (Å²) in [5.41, 5.74) is 7.15. The Kier molecular flexibility index (Phi) is 4.29. The first-order valence-corrected chi connectivity index (χ1v) is 6.92. The number of thioether (sulfide) groups is 1. The molecule has 2 aromatic rings. The molecule has 0 bridgehead atoms. The quantitative estimate of drug-likeness (QED) is 0.669. The largest absolute Gasteiger partial charge is 0.397 e. The van der Waals surface area contributed by atoms with E-state index in [1.54, 1.807) is 4.68 Å². The van der Waals surface area contributed by atoms with Crippen LogP contribution in [0.15, 0.2) is 29.3 Å². The van der Waals surface area contributed by atoms with Gasteiger partial charge in [-0.2, -0.15) is 5.10 Å². The molecule has 0 saturated carbocycles. The van der Waals surface area contributed by atoms with Gasteiger partial charge in [0, 0.05) is 7.05 Å². The highest BCUT2D eigenvalue weighted by molar-refractivity contribution is 7.99. The zero-order valence-corrected chi connectivity index (χ0v) is 12.0. The van der Waals surface area contributed by atoms with Gasteiger partial charge in [0.2, 0.25) is 5.91 Å². The number of halogens is 1. The Labute approximate surface area is 120 Å². The topological polar surface area (TPSA) is 72.9 Å². The van der Waals surface area contributed by atoms with Gasteiger partial charge in [0.25, 0.3) is 0 Å². The van der Waals surface area contributed by atoms with Crippen LogP contribution in [0, 0.1) is 12.7 Å². The summed E-state index contributed by atoms with van der Waals surface area (Å²) in [6.45, 7) is 1.89. The highest BCUT2D eigenvalue weighted by Gasteiger charge is 2.09. The van der Waals surface area contributed by atoms with Crippen molar-refractivity contribution in [1.29, 1.82) is 0 Å². The predicted molar refractivity (Wildman–Crippen MR) is 78.1 cm³/mol. The number of aromatic nitrogens is 2. The highest BCUT2D eigenvalue weighted by atomic mass is 32.2. The SMILES string of the molecule is Cc1cc(SCC(=O)Nc2ccc(F)cc2N)n(C)n1. The standard InChI is InChI=1S/C13H15FN4OS/c1-8-5-13(18(2)17-8)20-7-12(19)16-11-4-3-9(14)6-10(11)15/h3-6H,7,15H2,1-2H3,(H,16,19). The molecule has 0 aliphatic rings. The first kappa shape index (κ1) is 14.4. The summed E-state index contributed by atoms with van der Waals surface area (Å²) in [6.07, 6.45) is 0. The third-order valence-corrected chi connectivity index (χ3v) is 3.68. The molecule has 0 atom stereocenters. The Balaban J connectivity index is 1.94. The Bertz CT molecular complexity index is 641. The van der Waals surface area contributed by atoms with Gasteiger partial charge in [-0.1, -0.05) is 11.8 Å². The van der Waals surface area contributed by atoms with Gasteiger partial charge in [-0.15, -0.1) is 0 Å². The highest BCUT2D eigenvalue weighted by Crippen LogP contribution is 2.21. The molecule has 1 heterocycles. The van der Waals surface area contributed by atoms with Crippen molar-refractivity contribution in [2.75, 3.05) is 16.8 Å². The molecule has 0 spiro atoms. The normalized spacial score (nSPS) is 10.6. The second kappa shape index (κ2) is 5.96. The van der Waals surface area contributed by atoms with E-state index in [1.807, 2.05) is 20.0 Å². The minimum Gasteiger partial charge on any atom is -0.397 e. The molecule has 0 fully saturated rings. The number of carbonyl (C=O) groups excluding carboxylic acids is 1. The number of anilines is 2. The Morgan fingerprint density at radius 3 is 2.85 bits per heavy atom. The summed E-state index contributed by atoms with van der Waals surface area (Å²) in [5, 5.41) is 7.76. The van der Waals surface area contributed by atoms with Crippen molar-refractivity contribution in [1.82, 2.24) is 9.78 Å². The molecule has 20 heavy (non-hydrogen) atoms. The van der Waals surface area contributed by atoms with E-state index >= 15 is 0 Å². The monoisotopic (exact) mass is 294 g/mol. The average molecular weight is 294 g/mol. The van der Waals surface area contributed by atoms with Crippen LogP contribution in [-0.2, 0) is 11.8 Å². The maximum atomic E-state index is 12.9. The molecular formula is C13H15FN4OS. The molecule has 0 aliphatic heterocycles. The van der Waals surface area contributed by atoms with Crippen LogP contribution in [0.5, 0.6) is 0 Å². The molecular weight excluding hydrogens is 279 g/mol. The van der Waals surface area contributed by atoms with Crippen LogP contribution in [-0.4, -0.2) is 21.4 Å². The van der Waals surface area contributed by atoms with Crippen LogP contribution in [0.4, 0.5) is 15.8 Å². The number of nitrogen functional groups attached to an aromatic ring is 1. The molecule has 1 aromatic carbocycles. The summed E-state index contributed by atoms with van der Waals surface area (Å²) >= 11 is 1.38. The van der Waals surface area contributed by atoms with Crippen molar-refractivity contribution >= 4 is 29.0 Å². The van der Waals surface area contributed by atoms with E-state index in [1.165, 1.54) is 30.0 Å². The average Bonchev–Trinajstić information content (AvgIpc) is 2.69. The number of benzene rings is 1. The lowest BCUT2D eigenvalue weighted by Crippen LogP contribution is -2.15. The molecule has 0 aliphatic carbocycles. The molecule has 0 saturated heterocycles. The van der Waals surface area contributed by atoms with Crippen molar-refractivity contribution in [2.24, 2.45) is 7.05 Å². The molecule has 1 amide bonds. The van der Waals surface area contributed by atoms with E-state index in [0.717, 1.165) is 10.7 Å². The smallest absolute Gasteiger partial charge is 0.234 e. The van der Waals surface area contributed by atoms with Crippen LogP contribution >= 0.6 is 11.8 Å². The molecule has 0 radical (unpaired) electrons. The number of rotatable bonds is 4. The molecule has 106 valence electrons. The van der Waals surface area contributed by atoms with Gasteiger partial charge in [0.1, 0.15) is 5.82 Å². The van der Waals surface area contributed by atoms with Crippen LogP contribution < -0.4 is 11.1 Å². The fourth-order valence-corrected chi connectivity index (χ4v) is 2.53. The summed E-state index contributed by atoms with van der Waals surface area (Å²) < 4.78 is 14.6. The summed E-state index contributed by atoms with van der Waals surface area (Å²) in [7, 11) is 1.82. The first-order valence-electron chi connectivity index (χ1n) is 5.94. The maximum absolute atomic E-state index is 12.9. The molecule has 5 nitrogen and oxygen atoms in total. The van der Waals surface area contributed by atoms with E-state index in [4.69, 9.17) is 5.73 Å². The third-order valence-electron chi connectivity index (χ3n) is 2.60. The number of nitrogens with zero attached hydrogens (tertiary/aromatic N) is 2. The van der Waals surface area contributed by atoms with E-state index in [2.05, 4.69) is 10.4 Å². The summed E-state index contributed by atoms with van der Waals surface area (Å²) in [6, 6.07) is 5.78. The minimum absolute atomic E-state index is 0.202. The molecule has 3 N–H and O–H groups in total. The van der Waals surface area contributed by atoms with Crippen LogP contribution in [0.3, 0.4) is 0 Å². The lowest BCUT2D eigenvalue weighted by molar-refractivity contribution is -0.113. The fourth-order valence-electron chi connectivity index (χ4n) is 1.70. The number of nitrogens with one attached hydrogen (secondary N) is 1. The number of hydrogen-bond acceptors (Lipinski definition) is 4. The van der Waals surface area contributed by atoms with E-state index in [9.17, 15) is 9.18 Å². The van der Waals surface area contributed by atoms with E-state index in [0.29, 0.717) is 5.69 Å². The maximum Gasteiger partial charge on any atom is 0.234 e. The number of carbonyl (C=O) groups is 1. The van der Waals surface area contributed by atoms with Gasteiger partial charge in [-0.05, 0) is 31.2 Å². The Morgan fingerprint density at radius 1 is 1.50 bits per heavy atom. The second-order valence-corrected chi connectivity index (χ2v) is 5.31. The number of amides is 1.